The van der Waals surface area contributed by atoms with Crippen molar-refractivity contribution in [2.45, 2.75) is 30.3 Å². The lowest BCUT2D eigenvalue weighted by atomic mass is 10.0. The standard InChI is InChI=1S/C15H12BrF2NO4S/c1-24(21)14-8(4-5-10(16)13(14)22-15(17)18)11(20)9-6-19-23-12(9)7-2-3-7/h4-7,15H,2-3H2,1H3. The molecule has 0 saturated heterocycles. The first-order chi connectivity index (χ1) is 11.4. The quantitative estimate of drug-likeness (QED) is 0.664. The highest BCUT2D eigenvalue weighted by atomic mass is 79.9. The van der Waals surface area contributed by atoms with Crippen molar-refractivity contribution in [1.29, 1.82) is 0 Å². The summed E-state index contributed by atoms with van der Waals surface area (Å²) in [6.07, 6.45) is 4.41. The van der Waals surface area contributed by atoms with Crippen LogP contribution >= 0.6 is 15.9 Å². The molecule has 1 atom stereocenters. The molecule has 0 radical (unpaired) electrons. The highest BCUT2D eigenvalue weighted by Gasteiger charge is 2.34. The molecule has 0 spiro atoms. The van der Waals surface area contributed by atoms with E-state index >= 15 is 0 Å². The van der Waals surface area contributed by atoms with Crippen molar-refractivity contribution in [2.75, 3.05) is 6.26 Å². The number of carbonyl (C=O) groups is 1. The summed E-state index contributed by atoms with van der Waals surface area (Å²) < 4.78 is 47.3. The van der Waals surface area contributed by atoms with E-state index in [1.165, 1.54) is 24.6 Å². The van der Waals surface area contributed by atoms with E-state index in [4.69, 9.17) is 4.52 Å². The van der Waals surface area contributed by atoms with Crippen LogP contribution in [0.25, 0.3) is 0 Å². The maximum absolute atomic E-state index is 12.8. The Morgan fingerprint density at radius 3 is 2.71 bits per heavy atom. The lowest BCUT2D eigenvalue weighted by Gasteiger charge is -2.14. The number of ether oxygens (including phenoxy) is 1. The molecule has 3 rings (SSSR count). The van der Waals surface area contributed by atoms with E-state index in [1.807, 2.05) is 0 Å². The average Bonchev–Trinajstić information content (AvgIpc) is 3.24. The Bertz CT molecular complexity index is 820. The molecular weight excluding hydrogens is 408 g/mol. The number of hydrogen-bond acceptors (Lipinski definition) is 5. The number of benzene rings is 1. The predicted molar refractivity (Wildman–Crippen MR) is 85.0 cm³/mol. The van der Waals surface area contributed by atoms with Crippen molar-refractivity contribution in [2.24, 2.45) is 0 Å². The van der Waals surface area contributed by atoms with Crippen LogP contribution in [-0.4, -0.2) is 28.0 Å². The Balaban J connectivity index is 2.11. The Morgan fingerprint density at radius 1 is 1.42 bits per heavy atom. The molecular formula is C15H12BrF2NO4S. The number of halogens is 3. The van der Waals surface area contributed by atoms with E-state index < -0.39 is 23.2 Å². The number of aromatic nitrogens is 1. The first-order valence-electron chi connectivity index (χ1n) is 7.00. The van der Waals surface area contributed by atoms with E-state index in [-0.39, 0.29) is 32.2 Å². The molecule has 1 aliphatic rings. The maximum Gasteiger partial charge on any atom is 0.387 e. The van der Waals surface area contributed by atoms with Gasteiger partial charge in [-0.3, -0.25) is 9.00 Å². The first-order valence-corrected chi connectivity index (χ1v) is 9.35. The van der Waals surface area contributed by atoms with Crippen LogP contribution in [0.1, 0.15) is 40.4 Å². The Morgan fingerprint density at radius 2 is 2.12 bits per heavy atom. The van der Waals surface area contributed by atoms with Crippen LogP contribution in [0, 0.1) is 0 Å². The van der Waals surface area contributed by atoms with Gasteiger partial charge in [0.05, 0.1) is 31.9 Å². The molecule has 1 saturated carbocycles. The minimum Gasteiger partial charge on any atom is -0.432 e. The summed E-state index contributed by atoms with van der Waals surface area (Å²) in [7, 11) is -1.72. The molecule has 5 nitrogen and oxygen atoms in total. The molecule has 1 heterocycles. The summed E-state index contributed by atoms with van der Waals surface area (Å²) in [4.78, 5) is 12.8. The second-order valence-corrected chi connectivity index (χ2v) is 7.46. The molecule has 9 heteroatoms. The van der Waals surface area contributed by atoms with E-state index in [2.05, 4.69) is 25.8 Å². The highest BCUT2D eigenvalue weighted by molar-refractivity contribution is 9.10. The number of alkyl halides is 2. The molecule has 24 heavy (non-hydrogen) atoms. The predicted octanol–water partition coefficient (Wildman–Crippen LogP) is 3.88. The van der Waals surface area contributed by atoms with Gasteiger partial charge in [0.2, 0.25) is 0 Å². The van der Waals surface area contributed by atoms with Crippen LogP contribution in [0.15, 0.2) is 32.2 Å². The third-order valence-corrected chi connectivity index (χ3v) is 5.20. The van der Waals surface area contributed by atoms with Crippen molar-refractivity contribution in [3.05, 3.63) is 39.7 Å². The minimum atomic E-state index is -3.11. The van der Waals surface area contributed by atoms with Gasteiger partial charge in [-0.25, -0.2) is 0 Å². The summed E-state index contributed by atoms with van der Waals surface area (Å²) in [5.41, 5.74) is 0.286. The Kier molecular flexibility index (Phi) is 4.82. The van der Waals surface area contributed by atoms with Gasteiger partial charge >= 0.3 is 6.61 Å². The number of carbonyl (C=O) groups excluding carboxylic acids is 1. The zero-order valence-corrected chi connectivity index (χ0v) is 14.8. The third-order valence-electron chi connectivity index (χ3n) is 3.59. The smallest absolute Gasteiger partial charge is 0.387 e. The van der Waals surface area contributed by atoms with Crippen LogP contribution in [0.4, 0.5) is 8.78 Å². The van der Waals surface area contributed by atoms with Crippen LogP contribution in [0.5, 0.6) is 5.75 Å². The summed E-state index contributed by atoms with van der Waals surface area (Å²) in [5, 5.41) is 3.66. The molecule has 0 aliphatic heterocycles. The van der Waals surface area contributed by atoms with Gasteiger partial charge in [0.1, 0.15) is 0 Å². The van der Waals surface area contributed by atoms with Gasteiger partial charge in [0.15, 0.2) is 17.3 Å². The molecule has 1 aromatic heterocycles. The Hall–Kier alpha value is -1.61. The fourth-order valence-electron chi connectivity index (χ4n) is 2.41. The molecule has 0 bridgehead atoms. The summed E-state index contributed by atoms with van der Waals surface area (Å²) in [5.74, 6) is -0.155. The number of rotatable bonds is 6. The van der Waals surface area contributed by atoms with Gasteiger partial charge in [-0.05, 0) is 40.9 Å². The van der Waals surface area contributed by atoms with Crippen LogP contribution < -0.4 is 4.74 Å². The number of nitrogens with zero attached hydrogens (tertiary/aromatic N) is 1. The van der Waals surface area contributed by atoms with Crippen molar-refractivity contribution in [1.82, 2.24) is 5.16 Å². The van der Waals surface area contributed by atoms with Gasteiger partial charge in [-0.1, -0.05) is 5.16 Å². The third kappa shape index (κ3) is 3.27. The maximum atomic E-state index is 12.8. The normalized spacial score (nSPS) is 15.5. The van der Waals surface area contributed by atoms with E-state index in [9.17, 15) is 17.8 Å². The van der Waals surface area contributed by atoms with Gasteiger partial charge in [0, 0.05) is 17.7 Å². The molecule has 1 fully saturated rings. The zero-order valence-electron chi connectivity index (χ0n) is 12.4. The molecule has 128 valence electrons. The molecule has 2 aromatic rings. The summed E-state index contributed by atoms with van der Waals surface area (Å²) in [6.45, 7) is -3.11. The molecule has 0 amide bonds. The van der Waals surface area contributed by atoms with Gasteiger partial charge in [-0.15, -0.1) is 0 Å². The highest BCUT2D eigenvalue weighted by Crippen LogP contribution is 2.43. The number of hydrogen-bond donors (Lipinski definition) is 0. The minimum absolute atomic E-state index is 0.0276. The monoisotopic (exact) mass is 419 g/mol. The van der Waals surface area contributed by atoms with E-state index in [1.54, 1.807) is 0 Å². The summed E-state index contributed by atoms with van der Waals surface area (Å²) in [6, 6.07) is 2.83. The van der Waals surface area contributed by atoms with Crippen molar-refractivity contribution in [3.63, 3.8) is 0 Å². The molecule has 0 N–H and O–H groups in total. The van der Waals surface area contributed by atoms with Crippen molar-refractivity contribution in [3.8, 4) is 5.75 Å². The van der Waals surface area contributed by atoms with Gasteiger partial charge in [-0.2, -0.15) is 8.78 Å². The van der Waals surface area contributed by atoms with Crippen LogP contribution in [0.2, 0.25) is 0 Å². The van der Waals surface area contributed by atoms with E-state index in [0.717, 1.165) is 12.8 Å². The van der Waals surface area contributed by atoms with Gasteiger partial charge < -0.3 is 9.26 Å². The molecule has 1 aromatic carbocycles. The average molecular weight is 420 g/mol. The lowest BCUT2D eigenvalue weighted by Crippen LogP contribution is -2.12. The molecule has 1 aliphatic carbocycles. The SMILES string of the molecule is CS(=O)c1c(C(=O)c2cnoc2C2CC2)ccc(Br)c1OC(F)F. The zero-order chi connectivity index (χ0) is 17.4. The Labute approximate surface area is 146 Å². The first kappa shape index (κ1) is 17.2. The van der Waals surface area contributed by atoms with Gasteiger partial charge in [0.25, 0.3) is 0 Å². The fraction of sp³-hybridized carbons (Fsp3) is 0.333. The van der Waals surface area contributed by atoms with E-state index in [0.29, 0.717) is 5.76 Å². The molecule has 1 unspecified atom stereocenters. The van der Waals surface area contributed by atoms with Crippen LogP contribution in [0.3, 0.4) is 0 Å². The lowest BCUT2D eigenvalue weighted by molar-refractivity contribution is -0.0523. The van der Waals surface area contributed by atoms with Crippen molar-refractivity contribution < 1.29 is 27.0 Å². The number of ketones is 1. The van der Waals surface area contributed by atoms with Crippen LogP contribution in [-0.2, 0) is 10.8 Å². The summed E-state index contributed by atoms with van der Waals surface area (Å²) >= 11 is 3.09. The second kappa shape index (κ2) is 6.72. The second-order valence-electron chi connectivity index (χ2n) is 5.29. The topological polar surface area (TPSA) is 69.4 Å². The fourth-order valence-corrected chi connectivity index (χ4v) is 3.85. The largest absolute Gasteiger partial charge is 0.432 e. The van der Waals surface area contributed by atoms with Crippen molar-refractivity contribution >= 4 is 32.5 Å².